The minimum absolute atomic E-state index is 0.00856. The highest BCUT2D eigenvalue weighted by molar-refractivity contribution is 5.93. The Labute approximate surface area is 322 Å². The van der Waals surface area contributed by atoms with E-state index < -0.39 is 66.0 Å². The summed E-state index contributed by atoms with van der Waals surface area (Å²) in [5.41, 5.74) is 2.18. The van der Waals surface area contributed by atoms with Crippen LogP contribution in [0.4, 0.5) is 17.6 Å². The number of alkyl halides is 2. The zero-order valence-corrected chi connectivity index (χ0v) is 32.4. The molecule has 0 radical (unpaired) electrons. The molecule has 4 N–H and O–H groups in total. The summed E-state index contributed by atoms with van der Waals surface area (Å²) < 4.78 is 61.8. The highest BCUT2D eigenvalue weighted by atomic mass is 19.1. The van der Waals surface area contributed by atoms with Gasteiger partial charge in [0, 0.05) is 42.4 Å². The Morgan fingerprint density at radius 3 is 2.14 bits per heavy atom. The van der Waals surface area contributed by atoms with Crippen molar-refractivity contribution in [1.82, 2.24) is 40.3 Å². The van der Waals surface area contributed by atoms with E-state index in [0.717, 1.165) is 0 Å². The Morgan fingerprint density at radius 2 is 1.50 bits per heavy atom. The van der Waals surface area contributed by atoms with Crippen LogP contribution in [0.15, 0.2) is 36.4 Å². The first-order chi connectivity index (χ1) is 26.6. The van der Waals surface area contributed by atoms with Gasteiger partial charge in [0.25, 0.3) is 0 Å². The fourth-order valence-corrected chi connectivity index (χ4v) is 8.08. The highest BCUT2D eigenvalue weighted by Gasteiger charge is 2.42. The van der Waals surface area contributed by atoms with Crippen LogP contribution in [0.2, 0.25) is 0 Å². The van der Waals surface area contributed by atoms with Gasteiger partial charge in [-0.05, 0) is 68.1 Å². The molecule has 4 aromatic rings. The lowest BCUT2D eigenvalue weighted by Crippen LogP contribution is -2.55. The number of fused-ring (bicyclic) bond motifs is 2. The molecular weight excluding hydrogens is 732 g/mol. The molecule has 2 saturated heterocycles. The first-order valence-electron chi connectivity index (χ1n) is 19.1. The van der Waals surface area contributed by atoms with Gasteiger partial charge in [0.15, 0.2) is 5.82 Å². The summed E-state index contributed by atoms with van der Waals surface area (Å²) >= 11 is 0. The Hall–Kier alpha value is -4.99. The standard InChI is InChI=1S/C40H50F4N8O4/c1-20(2)34(46-19-53)39(55)50-16-25(43)11-27(50)15-30-29-9-7-23(41)13-31(29)47-36(30)37-48-32-14-24(42)8-10-33(32)52(37)18-28-12-26(44)17-51(28)40(56)35(21(3)4)49-38(54)22(5)45-6/h7-10,13-14,19-22,25-28,34-35,45,47H,11-12,15-18H2,1-6H3,(H,46,53)(H,49,54). The molecule has 0 bridgehead atoms. The molecule has 12 nitrogen and oxygen atoms in total. The number of carbonyl (C=O) groups is 4. The Bertz CT molecular complexity index is 2100. The van der Waals surface area contributed by atoms with Crippen molar-refractivity contribution in [3.8, 4) is 11.5 Å². The van der Waals surface area contributed by atoms with Crippen LogP contribution in [-0.2, 0) is 32.1 Å². The second-order valence-corrected chi connectivity index (χ2v) is 15.8. The van der Waals surface area contributed by atoms with Gasteiger partial charge >= 0.3 is 0 Å². The monoisotopic (exact) mass is 782 g/mol. The number of rotatable bonds is 14. The summed E-state index contributed by atoms with van der Waals surface area (Å²) in [6, 6.07) is 4.57. The van der Waals surface area contributed by atoms with Gasteiger partial charge in [-0.25, -0.2) is 22.5 Å². The molecule has 2 aromatic carbocycles. The average Bonchev–Trinajstić information content (AvgIpc) is 3.90. The molecule has 2 fully saturated rings. The third-order valence-electron chi connectivity index (χ3n) is 11.2. The third kappa shape index (κ3) is 8.11. The molecule has 6 rings (SSSR count). The van der Waals surface area contributed by atoms with Crippen LogP contribution < -0.4 is 16.0 Å². The van der Waals surface area contributed by atoms with E-state index in [1.165, 1.54) is 34.1 Å². The molecule has 302 valence electrons. The highest BCUT2D eigenvalue weighted by Crippen LogP contribution is 2.37. The van der Waals surface area contributed by atoms with Crippen LogP contribution in [0, 0.1) is 23.5 Å². The minimum atomic E-state index is -1.35. The quantitative estimate of drug-likeness (QED) is 0.110. The number of halogens is 4. The first kappa shape index (κ1) is 40.7. The number of nitrogens with zero attached hydrogens (tertiary/aromatic N) is 4. The van der Waals surface area contributed by atoms with Gasteiger partial charge in [-0.2, -0.15) is 0 Å². The van der Waals surface area contributed by atoms with Crippen molar-refractivity contribution < 1.29 is 36.7 Å². The van der Waals surface area contributed by atoms with Crippen LogP contribution in [-0.4, -0.2) is 111 Å². The van der Waals surface area contributed by atoms with Crippen molar-refractivity contribution in [3.63, 3.8) is 0 Å². The van der Waals surface area contributed by atoms with Crippen LogP contribution in [0.1, 0.15) is 53.0 Å². The zero-order chi connectivity index (χ0) is 40.6. The lowest BCUT2D eigenvalue weighted by atomic mass is 9.98. The minimum Gasteiger partial charge on any atom is -0.352 e. The van der Waals surface area contributed by atoms with E-state index in [4.69, 9.17) is 4.98 Å². The lowest BCUT2D eigenvalue weighted by molar-refractivity contribution is -0.139. The number of benzene rings is 2. The number of nitrogens with one attached hydrogen (secondary N) is 4. The molecule has 16 heteroatoms. The van der Waals surface area contributed by atoms with E-state index in [9.17, 15) is 28.0 Å². The van der Waals surface area contributed by atoms with Crippen molar-refractivity contribution in [2.45, 2.75) is 103 Å². The van der Waals surface area contributed by atoms with Gasteiger partial charge in [0.05, 0.1) is 41.9 Å². The number of aromatic amines is 1. The van der Waals surface area contributed by atoms with E-state index in [0.29, 0.717) is 39.9 Å². The predicted octanol–water partition coefficient (Wildman–Crippen LogP) is 4.40. The van der Waals surface area contributed by atoms with Gasteiger partial charge in [0.2, 0.25) is 24.1 Å². The molecule has 4 heterocycles. The number of H-pyrrole nitrogens is 1. The van der Waals surface area contributed by atoms with E-state index >= 15 is 8.78 Å². The van der Waals surface area contributed by atoms with Crippen molar-refractivity contribution in [2.24, 2.45) is 11.8 Å². The Morgan fingerprint density at radius 1 is 0.893 bits per heavy atom. The molecule has 4 amide bonds. The van der Waals surface area contributed by atoms with Gasteiger partial charge in [0.1, 0.15) is 36.1 Å². The molecular formula is C40H50F4N8O4. The number of amides is 4. The summed E-state index contributed by atoms with van der Waals surface area (Å²) in [6.07, 6.45) is -2.09. The van der Waals surface area contributed by atoms with Gasteiger partial charge in [-0.1, -0.05) is 27.7 Å². The van der Waals surface area contributed by atoms with Crippen LogP contribution in [0.3, 0.4) is 0 Å². The smallest absolute Gasteiger partial charge is 0.245 e. The number of imidazole rings is 1. The maximum atomic E-state index is 15.4. The largest absolute Gasteiger partial charge is 0.352 e. The molecule has 2 aliphatic rings. The number of likely N-dealkylation sites (N-methyl/N-ethyl adjacent to an activating group) is 1. The normalized spacial score (nSPS) is 21.6. The molecule has 0 aliphatic carbocycles. The van der Waals surface area contributed by atoms with E-state index in [1.807, 2.05) is 0 Å². The molecule has 7 atom stereocenters. The SMILES string of the molecule is CNC(C)C(=O)NC(C(=O)N1CC(F)CC1Cn1c(-c2[nH]c3cc(F)ccc3c2CC2CC(F)CN2C(=O)C(NC=O)C(C)C)nc2cc(F)ccc21)C(C)C. The third-order valence-corrected chi connectivity index (χ3v) is 11.2. The second kappa shape index (κ2) is 16.6. The maximum Gasteiger partial charge on any atom is 0.245 e. The van der Waals surface area contributed by atoms with E-state index in [2.05, 4.69) is 20.9 Å². The fraction of sp³-hybridized carbons (Fsp3) is 0.525. The molecule has 7 unspecified atom stereocenters. The Balaban J connectivity index is 1.43. The van der Waals surface area contributed by atoms with Crippen molar-refractivity contribution in [3.05, 3.63) is 53.6 Å². The number of likely N-dealkylation sites (tertiary alicyclic amines) is 2. The summed E-state index contributed by atoms with van der Waals surface area (Å²) in [7, 11) is 1.63. The van der Waals surface area contributed by atoms with E-state index in [1.54, 1.807) is 58.4 Å². The van der Waals surface area contributed by atoms with Gasteiger partial charge < -0.3 is 35.3 Å². The van der Waals surface area contributed by atoms with Gasteiger partial charge in [-0.3, -0.25) is 19.2 Å². The number of hydrogen-bond donors (Lipinski definition) is 4. The number of carbonyl (C=O) groups excluding carboxylic acids is 4. The van der Waals surface area contributed by atoms with Crippen molar-refractivity contribution in [1.29, 1.82) is 0 Å². The molecule has 0 saturated carbocycles. The maximum absolute atomic E-state index is 15.4. The van der Waals surface area contributed by atoms with E-state index in [-0.39, 0.29) is 62.2 Å². The second-order valence-electron chi connectivity index (χ2n) is 15.8. The zero-order valence-electron chi connectivity index (χ0n) is 32.4. The Kier molecular flexibility index (Phi) is 12.1. The van der Waals surface area contributed by atoms with Crippen LogP contribution in [0.5, 0.6) is 0 Å². The molecule has 2 aromatic heterocycles. The number of aromatic nitrogens is 3. The average molecular weight is 783 g/mol. The molecule has 2 aliphatic heterocycles. The van der Waals surface area contributed by atoms with Gasteiger partial charge in [-0.15, -0.1) is 0 Å². The van der Waals surface area contributed by atoms with Crippen LogP contribution in [0.25, 0.3) is 33.5 Å². The lowest BCUT2D eigenvalue weighted by Gasteiger charge is -2.32. The first-order valence-corrected chi connectivity index (χ1v) is 19.1. The summed E-state index contributed by atoms with van der Waals surface area (Å²) in [4.78, 5) is 63.2. The summed E-state index contributed by atoms with van der Waals surface area (Å²) in [5, 5.41) is 8.84. The summed E-state index contributed by atoms with van der Waals surface area (Å²) in [6.45, 7) is 8.50. The molecule has 0 spiro atoms. The van der Waals surface area contributed by atoms with Crippen molar-refractivity contribution >= 4 is 46.1 Å². The fourth-order valence-electron chi connectivity index (χ4n) is 8.08. The van der Waals surface area contributed by atoms with Crippen LogP contribution >= 0.6 is 0 Å². The van der Waals surface area contributed by atoms with Crippen molar-refractivity contribution in [2.75, 3.05) is 20.1 Å². The number of hydrogen-bond acceptors (Lipinski definition) is 6. The summed E-state index contributed by atoms with van der Waals surface area (Å²) in [5.74, 6) is -2.58. The molecule has 56 heavy (non-hydrogen) atoms. The predicted molar refractivity (Wildman–Crippen MR) is 204 cm³/mol. The topological polar surface area (TPSA) is 144 Å².